The first-order valence-electron chi connectivity index (χ1n) is 10.8. The van der Waals surface area contributed by atoms with Gasteiger partial charge in [-0.2, -0.15) is 0 Å². The molecule has 3 aromatic rings. The van der Waals surface area contributed by atoms with Crippen molar-refractivity contribution >= 4 is 51.6 Å². The summed E-state index contributed by atoms with van der Waals surface area (Å²) in [6, 6.07) is 8.20. The highest BCUT2D eigenvalue weighted by atomic mass is 35.5. The topological polar surface area (TPSA) is 81.2 Å². The predicted molar refractivity (Wildman–Crippen MR) is 133 cm³/mol. The van der Waals surface area contributed by atoms with Crippen molar-refractivity contribution in [1.82, 2.24) is 9.97 Å². The molecule has 2 heterocycles. The van der Waals surface area contributed by atoms with Gasteiger partial charge in [0, 0.05) is 10.6 Å². The largest absolute Gasteiger partial charge is 0.462 e. The monoisotopic (exact) mass is 501 g/mol. The van der Waals surface area contributed by atoms with Crippen LogP contribution in [0.25, 0.3) is 0 Å². The molecule has 1 amide bonds. The van der Waals surface area contributed by atoms with Crippen LogP contribution in [0, 0.1) is 6.92 Å². The van der Waals surface area contributed by atoms with E-state index in [1.807, 2.05) is 25.1 Å². The Hall–Kier alpha value is -2.42. The van der Waals surface area contributed by atoms with Gasteiger partial charge in [-0.15, -0.1) is 11.3 Å². The lowest BCUT2D eigenvalue weighted by molar-refractivity contribution is 0.0526. The Balaban J connectivity index is 1.55. The second kappa shape index (κ2) is 10.7. The highest BCUT2D eigenvalue weighted by Crippen LogP contribution is 2.39. The second-order valence-electron chi connectivity index (χ2n) is 7.72. The summed E-state index contributed by atoms with van der Waals surface area (Å²) in [5.41, 5.74) is 3.86. The Morgan fingerprint density at radius 1 is 1.27 bits per heavy atom. The summed E-state index contributed by atoms with van der Waals surface area (Å²) < 4.78 is 5.27. The maximum atomic E-state index is 13.1. The summed E-state index contributed by atoms with van der Waals surface area (Å²) in [5.74, 6) is -0.200. The molecule has 0 atom stereocenters. The van der Waals surface area contributed by atoms with Gasteiger partial charge in [0.2, 0.25) is 0 Å². The van der Waals surface area contributed by atoms with Crippen molar-refractivity contribution in [2.75, 3.05) is 11.9 Å². The third-order valence-corrected chi connectivity index (χ3v) is 7.68. The first kappa shape index (κ1) is 23.7. The molecule has 1 aliphatic rings. The number of rotatable bonds is 7. The van der Waals surface area contributed by atoms with Gasteiger partial charge in [-0.25, -0.2) is 14.8 Å². The van der Waals surface area contributed by atoms with Crippen molar-refractivity contribution < 1.29 is 14.3 Å². The van der Waals surface area contributed by atoms with Crippen LogP contribution in [-0.4, -0.2) is 28.5 Å². The minimum atomic E-state index is -0.469. The number of anilines is 1. The Bertz CT molecular complexity index is 1200. The number of ether oxygens (including phenoxy) is 1. The molecular weight excluding hydrogens is 478 g/mol. The molecule has 9 heteroatoms. The Morgan fingerprint density at radius 3 is 2.88 bits per heavy atom. The molecule has 2 aromatic heterocycles. The Kier molecular flexibility index (Phi) is 7.67. The van der Waals surface area contributed by atoms with Crippen LogP contribution in [-0.2, 0) is 23.3 Å². The fourth-order valence-corrected chi connectivity index (χ4v) is 5.97. The first-order chi connectivity index (χ1) is 16.0. The van der Waals surface area contributed by atoms with Crippen molar-refractivity contribution in [2.45, 2.75) is 50.4 Å². The zero-order valence-electron chi connectivity index (χ0n) is 18.4. The number of hydrogen-bond acceptors (Lipinski definition) is 7. The minimum absolute atomic E-state index is 0.0830. The number of thiophene rings is 1. The van der Waals surface area contributed by atoms with Gasteiger partial charge in [0.05, 0.1) is 23.4 Å². The molecule has 0 saturated heterocycles. The van der Waals surface area contributed by atoms with E-state index in [4.69, 9.17) is 16.3 Å². The summed E-state index contributed by atoms with van der Waals surface area (Å²) >= 11 is 9.13. The van der Waals surface area contributed by atoms with Crippen LogP contribution < -0.4 is 5.32 Å². The van der Waals surface area contributed by atoms with Crippen molar-refractivity contribution in [3.8, 4) is 0 Å². The summed E-state index contributed by atoms with van der Waals surface area (Å²) in [6.45, 7) is 4.09. The number of aromatic nitrogens is 2. The summed E-state index contributed by atoms with van der Waals surface area (Å²) in [5, 5.41) is 3.98. The highest BCUT2D eigenvalue weighted by molar-refractivity contribution is 7.98. The molecule has 0 bridgehead atoms. The van der Waals surface area contributed by atoms with Gasteiger partial charge in [0.15, 0.2) is 10.9 Å². The number of fused-ring (bicyclic) bond motifs is 1. The number of benzene rings is 1. The van der Waals surface area contributed by atoms with Crippen molar-refractivity contribution in [3.63, 3.8) is 0 Å². The number of halogens is 1. The van der Waals surface area contributed by atoms with Gasteiger partial charge >= 0.3 is 5.97 Å². The fourth-order valence-electron chi connectivity index (χ4n) is 3.76. The van der Waals surface area contributed by atoms with Gasteiger partial charge in [0.25, 0.3) is 5.91 Å². The van der Waals surface area contributed by atoms with Crippen LogP contribution in [0.4, 0.5) is 5.00 Å². The molecule has 0 radical (unpaired) electrons. The average Bonchev–Trinajstić information content (AvgIpc) is 3.16. The smallest absolute Gasteiger partial charge is 0.341 e. The number of amides is 1. The molecule has 33 heavy (non-hydrogen) atoms. The maximum absolute atomic E-state index is 13.1. The SMILES string of the molecule is CCOC(=O)c1c(NC(=O)c2nc(SCc3cccc(C)c3)ncc2Cl)sc2c1CCCC2. The highest BCUT2D eigenvalue weighted by Gasteiger charge is 2.28. The molecule has 1 aliphatic carbocycles. The molecule has 0 spiro atoms. The lowest BCUT2D eigenvalue weighted by atomic mass is 9.95. The Labute approximate surface area is 206 Å². The van der Waals surface area contributed by atoms with Crippen molar-refractivity contribution in [1.29, 1.82) is 0 Å². The molecule has 172 valence electrons. The predicted octanol–water partition coefficient (Wildman–Crippen LogP) is 6.10. The average molecular weight is 502 g/mol. The molecule has 0 unspecified atom stereocenters. The lowest BCUT2D eigenvalue weighted by Crippen LogP contribution is -2.17. The second-order valence-corrected chi connectivity index (χ2v) is 10.2. The lowest BCUT2D eigenvalue weighted by Gasteiger charge is -2.12. The van der Waals surface area contributed by atoms with Gasteiger partial charge in [-0.3, -0.25) is 4.79 Å². The number of esters is 1. The van der Waals surface area contributed by atoms with Crippen molar-refractivity contribution in [2.24, 2.45) is 0 Å². The fraction of sp³-hybridized carbons (Fsp3) is 0.333. The third kappa shape index (κ3) is 5.57. The maximum Gasteiger partial charge on any atom is 0.341 e. The van der Waals surface area contributed by atoms with Gasteiger partial charge < -0.3 is 10.1 Å². The van der Waals surface area contributed by atoms with Crippen LogP contribution >= 0.6 is 34.7 Å². The number of carbonyl (C=O) groups excluding carboxylic acids is 2. The van der Waals surface area contributed by atoms with E-state index in [0.29, 0.717) is 21.5 Å². The van der Waals surface area contributed by atoms with E-state index in [2.05, 4.69) is 21.4 Å². The van der Waals surface area contributed by atoms with Crippen LogP contribution in [0.15, 0.2) is 35.6 Å². The molecular formula is C24H24ClN3O3S2. The molecule has 6 nitrogen and oxygen atoms in total. The number of nitrogens with one attached hydrogen (secondary N) is 1. The number of nitrogens with zero attached hydrogens (tertiary/aromatic N) is 2. The third-order valence-electron chi connectivity index (χ3n) is 5.27. The Morgan fingerprint density at radius 2 is 2.09 bits per heavy atom. The van der Waals surface area contributed by atoms with Crippen LogP contribution in [0.3, 0.4) is 0 Å². The molecule has 0 aliphatic heterocycles. The first-order valence-corrected chi connectivity index (χ1v) is 13.0. The molecule has 4 rings (SSSR count). The molecule has 0 fully saturated rings. The normalized spacial score (nSPS) is 12.8. The van der Waals surface area contributed by atoms with E-state index in [1.165, 1.54) is 34.9 Å². The van der Waals surface area contributed by atoms with Crippen molar-refractivity contribution in [3.05, 3.63) is 68.3 Å². The van der Waals surface area contributed by atoms with E-state index in [1.54, 1.807) is 6.92 Å². The molecule has 0 saturated carbocycles. The molecule has 1 aromatic carbocycles. The van der Waals surface area contributed by atoms with Crippen LogP contribution in [0.1, 0.15) is 62.2 Å². The van der Waals surface area contributed by atoms with Gasteiger partial charge in [-0.1, -0.05) is 53.2 Å². The van der Waals surface area contributed by atoms with Gasteiger partial charge in [0.1, 0.15) is 5.00 Å². The molecule has 1 N–H and O–H groups in total. The summed E-state index contributed by atoms with van der Waals surface area (Å²) in [7, 11) is 0. The number of thioether (sulfide) groups is 1. The quantitative estimate of drug-likeness (QED) is 0.239. The number of hydrogen-bond donors (Lipinski definition) is 1. The number of aryl methyl sites for hydroxylation is 2. The van der Waals surface area contributed by atoms with E-state index in [-0.39, 0.29) is 17.3 Å². The number of carbonyl (C=O) groups is 2. The van der Waals surface area contributed by atoms with Crippen LogP contribution in [0.2, 0.25) is 5.02 Å². The standard InChI is InChI=1S/C24H24ClN3O3S2/c1-3-31-23(30)19-16-9-4-5-10-18(16)33-22(19)28-21(29)20-17(25)12-26-24(27-20)32-13-15-8-6-7-14(2)11-15/h6-8,11-12H,3-5,9-10,13H2,1-2H3,(H,28,29). The zero-order chi connectivity index (χ0) is 23.4. The summed E-state index contributed by atoms with van der Waals surface area (Å²) in [4.78, 5) is 35.6. The van der Waals surface area contributed by atoms with E-state index in [9.17, 15) is 9.59 Å². The van der Waals surface area contributed by atoms with E-state index >= 15 is 0 Å². The van der Waals surface area contributed by atoms with Gasteiger partial charge in [-0.05, 0) is 50.7 Å². The minimum Gasteiger partial charge on any atom is -0.462 e. The zero-order valence-corrected chi connectivity index (χ0v) is 20.8. The van der Waals surface area contributed by atoms with E-state index < -0.39 is 11.9 Å². The van der Waals surface area contributed by atoms with E-state index in [0.717, 1.165) is 41.7 Å². The summed E-state index contributed by atoms with van der Waals surface area (Å²) in [6.07, 6.45) is 5.24. The van der Waals surface area contributed by atoms with Crippen LogP contribution in [0.5, 0.6) is 0 Å².